The lowest BCUT2D eigenvalue weighted by Gasteiger charge is -2.16. The maximum atomic E-state index is 11.8. The van der Waals surface area contributed by atoms with Crippen LogP contribution in [0.3, 0.4) is 0 Å². The highest BCUT2D eigenvalue weighted by Gasteiger charge is 2.36. The fourth-order valence-electron chi connectivity index (χ4n) is 2.71. The molecule has 0 spiro atoms. The molecule has 3 rings (SSSR count). The molecule has 1 aromatic carbocycles. The van der Waals surface area contributed by atoms with Gasteiger partial charge in [-0.2, -0.15) is 0 Å². The molecular formula is C17H21N3O5S. The van der Waals surface area contributed by atoms with Crippen molar-refractivity contribution in [2.24, 2.45) is 0 Å². The number of hydrogen-bond donors (Lipinski definition) is 4. The summed E-state index contributed by atoms with van der Waals surface area (Å²) in [5.41, 5.74) is 1.46. The van der Waals surface area contributed by atoms with Crippen LogP contribution < -0.4 is 16.0 Å². The largest absolute Gasteiger partial charge is 0.467 e. The van der Waals surface area contributed by atoms with Crippen molar-refractivity contribution in [3.05, 3.63) is 48.4 Å². The van der Waals surface area contributed by atoms with E-state index in [0.29, 0.717) is 18.0 Å². The lowest BCUT2D eigenvalue weighted by Crippen LogP contribution is -2.31. The number of rotatable bonds is 7. The number of aliphatic hydroxyl groups excluding tert-OH is 1. The average molecular weight is 379 g/mol. The second-order valence-electron chi connectivity index (χ2n) is 6.18. The predicted octanol–water partition coefficient (Wildman–Crippen LogP) is 0.578. The minimum Gasteiger partial charge on any atom is -0.467 e. The maximum Gasteiger partial charge on any atom is 0.239 e. The maximum absolute atomic E-state index is 11.8. The van der Waals surface area contributed by atoms with Gasteiger partial charge >= 0.3 is 0 Å². The molecule has 0 aliphatic carbocycles. The molecule has 4 N–H and O–H groups in total. The smallest absolute Gasteiger partial charge is 0.239 e. The summed E-state index contributed by atoms with van der Waals surface area (Å²) in [6.07, 6.45) is 0.644. The van der Waals surface area contributed by atoms with Crippen molar-refractivity contribution in [3.63, 3.8) is 0 Å². The molecule has 2 aromatic rings. The van der Waals surface area contributed by atoms with E-state index in [-0.39, 0.29) is 24.0 Å². The van der Waals surface area contributed by atoms with Gasteiger partial charge < -0.3 is 25.5 Å². The number of carbonyl (C=O) groups is 1. The van der Waals surface area contributed by atoms with Gasteiger partial charge in [0, 0.05) is 11.4 Å². The van der Waals surface area contributed by atoms with Crippen LogP contribution in [0, 0.1) is 0 Å². The van der Waals surface area contributed by atoms with Gasteiger partial charge in [-0.1, -0.05) is 0 Å². The summed E-state index contributed by atoms with van der Waals surface area (Å²) in [5, 5.41) is 18.6. The molecule has 1 aromatic heterocycles. The Morgan fingerprint density at radius 2 is 1.88 bits per heavy atom. The van der Waals surface area contributed by atoms with E-state index in [9.17, 15) is 18.3 Å². The van der Waals surface area contributed by atoms with Crippen LogP contribution in [0.5, 0.6) is 0 Å². The molecule has 0 radical (unpaired) electrons. The molecule has 8 nitrogen and oxygen atoms in total. The van der Waals surface area contributed by atoms with Crippen molar-refractivity contribution in [3.8, 4) is 0 Å². The van der Waals surface area contributed by atoms with Gasteiger partial charge in [0.05, 0.1) is 43.0 Å². The van der Waals surface area contributed by atoms with Crippen molar-refractivity contribution in [1.29, 1.82) is 0 Å². The van der Waals surface area contributed by atoms with Crippen molar-refractivity contribution < 1.29 is 22.7 Å². The molecule has 1 amide bonds. The number of furan rings is 1. The molecule has 1 saturated heterocycles. The molecule has 2 heterocycles. The molecule has 1 aliphatic rings. The Hall–Kier alpha value is -2.52. The Morgan fingerprint density at radius 3 is 2.50 bits per heavy atom. The van der Waals surface area contributed by atoms with Gasteiger partial charge in [-0.25, -0.2) is 8.42 Å². The van der Waals surface area contributed by atoms with Crippen LogP contribution in [0.4, 0.5) is 11.4 Å². The lowest BCUT2D eigenvalue weighted by atomic mass is 10.2. The Morgan fingerprint density at radius 1 is 1.15 bits per heavy atom. The zero-order valence-electron chi connectivity index (χ0n) is 14.0. The summed E-state index contributed by atoms with van der Waals surface area (Å²) in [6, 6.07) is 10.1. The van der Waals surface area contributed by atoms with Crippen molar-refractivity contribution in [2.75, 3.05) is 28.7 Å². The van der Waals surface area contributed by atoms with E-state index >= 15 is 0 Å². The van der Waals surface area contributed by atoms with E-state index in [0.717, 1.165) is 5.69 Å². The number of aliphatic hydroxyl groups is 1. The van der Waals surface area contributed by atoms with E-state index in [1.165, 1.54) is 0 Å². The molecule has 0 saturated carbocycles. The van der Waals surface area contributed by atoms with E-state index in [4.69, 9.17) is 4.42 Å². The number of sulfone groups is 1. The predicted molar refractivity (Wildman–Crippen MR) is 97.6 cm³/mol. The van der Waals surface area contributed by atoms with Gasteiger partial charge in [0.1, 0.15) is 5.76 Å². The summed E-state index contributed by atoms with van der Waals surface area (Å²) >= 11 is 0. The fraction of sp³-hybridized carbons (Fsp3) is 0.353. The van der Waals surface area contributed by atoms with Crippen LogP contribution in [-0.2, 0) is 21.2 Å². The van der Waals surface area contributed by atoms with Crippen LogP contribution in [0.2, 0.25) is 0 Å². The van der Waals surface area contributed by atoms with Crippen LogP contribution in [0.15, 0.2) is 47.1 Å². The highest BCUT2D eigenvalue weighted by atomic mass is 32.2. The fourth-order valence-corrected chi connectivity index (χ4v) is 4.45. The molecule has 1 aliphatic heterocycles. The number of anilines is 2. The first-order valence-electron chi connectivity index (χ1n) is 8.19. The average Bonchev–Trinajstić information content (AvgIpc) is 3.20. The number of amides is 1. The zero-order chi connectivity index (χ0) is 18.6. The second kappa shape index (κ2) is 7.79. The van der Waals surface area contributed by atoms with E-state index < -0.39 is 22.0 Å². The van der Waals surface area contributed by atoms with Gasteiger partial charge in [0.25, 0.3) is 0 Å². The van der Waals surface area contributed by atoms with Gasteiger partial charge in [-0.15, -0.1) is 0 Å². The zero-order valence-corrected chi connectivity index (χ0v) is 14.8. The Bertz CT molecular complexity index is 834. The third-order valence-electron chi connectivity index (χ3n) is 4.05. The standard InChI is InChI=1S/C17H21N3O5S/c21-16-11-26(23,24)10-15(16)20-13-5-3-12(4-6-13)18-9-17(22)19-8-14-2-1-7-25-14/h1-7,15-16,18,20-21H,8-11H2,(H,19,22). The monoisotopic (exact) mass is 379 g/mol. The molecule has 2 unspecified atom stereocenters. The van der Waals surface area contributed by atoms with Gasteiger partial charge in [-0.05, 0) is 36.4 Å². The Kier molecular flexibility index (Phi) is 5.48. The molecule has 2 atom stereocenters. The Balaban J connectivity index is 1.45. The number of nitrogens with one attached hydrogen (secondary N) is 3. The van der Waals surface area contributed by atoms with Gasteiger partial charge in [0.2, 0.25) is 5.91 Å². The van der Waals surface area contributed by atoms with Crippen LogP contribution in [0.25, 0.3) is 0 Å². The van der Waals surface area contributed by atoms with E-state index in [1.54, 1.807) is 42.7 Å². The molecule has 1 fully saturated rings. The van der Waals surface area contributed by atoms with Gasteiger partial charge in [0.15, 0.2) is 9.84 Å². The van der Waals surface area contributed by atoms with Crippen molar-refractivity contribution in [1.82, 2.24) is 5.32 Å². The minimum atomic E-state index is -3.19. The molecule has 26 heavy (non-hydrogen) atoms. The summed E-state index contributed by atoms with van der Waals surface area (Å²) in [5.74, 6) is 0.231. The highest BCUT2D eigenvalue weighted by molar-refractivity contribution is 7.91. The first kappa shape index (κ1) is 18.3. The molecule has 0 bridgehead atoms. The van der Waals surface area contributed by atoms with E-state index in [2.05, 4.69) is 16.0 Å². The molecule has 9 heteroatoms. The normalized spacial score (nSPS) is 21.3. The van der Waals surface area contributed by atoms with Gasteiger partial charge in [-0.3, -0.25) is 4.79 Å². The van der Waals surface area contributed by atoms with Crippen molar-refractivity contribution in [2.45, 2.75) is 18.7 Å². The van der Waals surface area contributed by atoms with Crippen molar-refractivity contribution >= 4 is 27.1 Å². The Labute approximate surface area is 151 Å². The second-order valence-corrected chi connectivity index (χ2v) is 8.34. The summed E-state index contributed by atoms with van der Waals surface area (Å²) in [7, 11) is -3.19. The number of carbonyl (C=O) groups excluding carboxylic acids is 1. The lowest BCUT2D eigenvalue weighted by molar-refractivity contribution is -0.119. The number of hydrogen-bond acceptors (Lipinski definition) is 7. The summed E-state index contributed by atoms with van der Waals surface area (Å²) in [4.78, 5) is 11.8. The minimum absolute atomic E-state index is 0.0794. The molecular weight excluding hydrogens is 358 g/mol. The number of benzene rings is 1. The first-order valence-corrected chi connectivity index (χ1v) is 10.0. The van der Waals surface area contributed by atoms with Crippen LogP contribution in [0.1, 0.15) is 5.76 Å². The quantitative estimate of drug-likeness (QED) is 0.555. The van der Waals surface area contributed by atoms with Crippen LogP contribution >= 0.6 is 0 Å². The SMILES string of the molecule is O=C(CNc1ccc(NC2CS(=O)(=O)CC2O)cc1)NCc1ccco1. The first-order chi connectivity index (χ1) is 12.4. The molecule has 140 valence electrons. The summed E-state index contributed by atoms with van der Waals surface area (Å²) < 4.78 is 28.2. The van der Waals surface area contributed by atoms with Crippen LogP contribution in [-0.4, -0.2) is 49.6 Å². The summed E-state index contributed by atoms with van der Waals surface area (Å²) in [6.45, 7) is 0.454. The third kappa shape index (κ3) is 4.99. The third-order valence-corrected chi connectivity index (χ3v) is 5.77. The van der Waals surface area contributed by atoms with E-state index in [1.807, 2.05) is 0 Å². The topological polar surface area (TPSA) is 121 Å². The highest BCUT2D eigenvalue weighted by Crippen LogP contribution is 2.19.